The van der Waals surface area contributed by atoms with E-state index < -0.39 is 0 Å². The molecule has 1 aromatic rings. The van der Waals surface area contributed by atoms with Crippen LogP contribution in [0.5, 0.6) is 0 Å². The van der Waals surface area contributed by atoms with Gasteiger partial charge in [0.2, 0.25) is 5.91 Å². The van der Waals surface area contributed by atoms with Crippen molar-refractivity contribution in [3.05, 3.63) is 17.5 Å². The van der Waals surface area contributed by atoms with Crippen molar-refractivity contribution < 1.29 is 9.59 Å². The zero-order valence-electron chi connectivity index (χ0n) is 11.3. The Hall–Kier alpha value is -1.41. The lowest BCUT2D eigenvalue weighted by atomic mass is 10.4. The third-order valence-electron chi connectivity index (χ3n) is 2.39. The average molecular weight is 310 g/mol. The first kappa shape index (κ1) is 15.0. The Kier molecular flexibility index (Phi) is 4.77. The van der Waals surface area contributed by atoms with E-state index in [1.165, 1.54) is 23.5 Å². The SMILES string of the molecule is Cc1cc(C)nc(SCC(=O)NC2=NC(=O)[C@H](C)S2)n1. The lowest BCUT2D eigenvalue weighted by Gasteiger charge is -2.04. The number of hydrogen-bond acceptors (Lipinski definition) is 6. The third kappa shape index (κ3) is 4.04. The number of thioether (sulfide) groups is 2. The Labute approximate surface area is 125 Å². The molecule has 8 heteroatoms. The van der Waals surface area contributed by atoms with Crippen LogP contribution in [0.2, 0.25) is 0 Å². The summed E-state index contributed by atoms with van der Waals surface area (Å²) < 4.78 is 0. The molecule has 106 valence electrons. The van der Waals surface area contributed by atoms with Crippen molar-refractivity contribution in [1.82, 2.24) is 15.3 Å². The fourth-order valence-electron chi connectivity index (χ4n) is 1.54. The molecule has 0 saturated carbocycles. The second-order valence-electron chi connectivity index (χ2n) is 4.29. The van der Waals surface area contributed by atoms with E-state index in [0.29, 0.717) is 10.3 Å². The fourth-order valence-corrected chi connectivity index (χ4v) is 3.09. The normalized spacial score (nSPS) is 18.1. The van der Waals surface area contributed by atoms with Crippen LogP contribution in [0, 0.1) is 13.8 Å². The Bertz CT molecular complexity index is 569. The molecule has 0 fully saturated rings. The van der Waals surface area contributed by atoms with Crippen LogP contribution in [0.25, 0.3) is 0 Å². The second-order valence-corrected chi connectivity index (χ2v) is 6.56. The molecule has 20 heavy (non-hydrogen) atoms. The summed E-state index contributed by atoms with van der Waals surface area (Å²) >= 11 is 2.51. The molecule has 1 aromatic heterocycles. The van der Waals surface area contributed by atoms with Gasteiger partial charge < -0.3 is 5.32 Å². The van der Waals surface area contributed by atoms with Crippen molar-refractivity contribution in [2.45, 2.75) is 31.2 Å². The van der Waals surface area contributed by atoms with Crippen molar-refractivity contribution in [3.63, 3.8) is 0 Å². The topological polar surface area (TPSA) is 84.3 Å². The molecule has 2 amide bonds. The minimum absolute atomic E-state index is 0.186. The Balaban J connectivity index is 1.86. The fraction of sp³-hybridized carbons (Fsp3) is 0.417. The molecule has 2 heterocycles. The Morgan fingerprint density at radius 3 is 2.60 bits per heavy atom. The molecular weight excluding hydrogens is 296 g/mol. The number of aryl methyl sites for hydroxylation is 2. The Morgan fingerprint density at radius 2 is 2.05 bits per heavy atom. The van der Waals surface area contributed by atoms with Crippen molar-refractivity contribution in [3.8, 4) is 0 Å². The average Bonchev–Trinajstić information content (AvgIpc) is 2.64. The van der Waals surface area contributed by atoms with Gasteiger partial charge in [0.25, 0.3) is 5.91 Å². The molecule has 0 unspecified atom stereocenters. The first-order valence-electron chi connectivity index (χ1n) is 5.98. The molecule has 6 nitrogen and oxygen atoms in total. The molecule has 0 saturated heterocycles. The summed E-state index contributed by atoms with van der Waals surface area (Å²) in [5, 5.41) is 3.34. The van der Waals surface area contributed by atoms with Gasteiger partial charge in [-0.3, -0.25) is 9.59 Å². The maximum atomic E-state index is 11.8. The lowest BCUT2D eigenvalue weighted by molar-refractivity contribution is -0.117. The van der Waals surface area contributed by atoms with Crippen molar-refractivity contribution in [2.75, 3.05) is 5.75 Å². The van der Waals surface area contributed by atoms with Crippen molar-refractivity contribution in [2.24, 2.45) is 4.99 Å². The summed E-state index contributed by atoms with van der Waals surface area (Å²) in [6.07, 6.45) is 0. The van der Waals surface area contributed by atoms with Crippen LogP contribution in [0.1, 0.15) is 18.3 Å². The van der Waals surface area contributed by atoms with Gasteiger partial charge in [-0.25, -0.2) is 9.97 Å². The number of amides is 2. The zero-order valence-corrected chi connectivity index (χ0v) is 13.0. The van der Waals surface area contributed by atoms with Crippen LogP contribution in [-0.2, 0) is 9.59 Å². The molecule has 0 bridgehead atoms. The number of hydrogen-bond donors (Lipinski definition) is 1. The second kappa shape index (κ2) is 6.36. The molecule has 0 aliphatic carbocycles. The van der Waals surface area contributed by atoms with Gasteiger partial charge in [0, 0.05) is 11.4 Å². The highest BCUT2D eigenvalue weighted by atomic mass is 32.2. The first-order valence-corrected chi connectivity index (χ1v) is 7.84. The molecule has 0 radical (unpaired) electrons. The zero-order chi connectivity index (χ0) is 14.7. The number of carbonyl (C=O) groups is 2. The molecule has 1 atom stereocenters. The van der Waals surface area contributed by atoms with E-state index >= 15 is 0 Å². The molecule has 0 spiro atoms. The largest absolute Gasteiger partial charge is 0.304 e. The van der Waals surface area contributed by atoms with Crippen LogP contribution in [0.4, 0.5) is 0 Å². The van der Waals surface area contributed by atoms with E-state index in [-0.39, 0.29) is 22.8 Å². The third-order valence-corrected chi connectivity index (χ3v) is 4.21. The van der Waals surface area contributed by atoms with Crippen LogP contribution < -0.4 is 5.32 Å². The summed E-state index contributed by atoms with van der Waals surface area (Å²) in [6, 6.07) is 1.88. The lowest BCUT2D eigenvalue weighted by Crippen LogP contribution is -2.29. The molecule has 1 aliphatic heterocycles. The minimum atomic E-state index is -0.222. The van der Waals surface area contributed by atoms with Gasteiger partial charge in [-0.15, -0.1) is 0 Å². The van der Waals surface area contributed by atoms with Gasteiger partial charge >= 0.3 is 0 Å². The monoisotopic (exact) mass is 310 g/mol. The van der Waals surface area contributed by atoms with Gasteiger partial charge in [-0.1, -0.05) is 23.5 Å². The summed E-state index contributed by atoms with van der Waals surface area (Å²) in [6.45, 7) is 5.53. The van der Waals surface area contributed by atoms with Gasteiger partial charge in [0.15, 0.2) is 10.3 Å². The number of aliphatic imine (C=N–C) groups is 1. The number of rotatable bonds is 3. The molecule has 0 aromatic carbocycles. The molecule has 1 aliphatic rings. The minimum Gasteiger partial charge on any atom is -0.304 e. The standard InChI is InChI=1S/C12H14N4O2S2/c1-6-4-7(2)14-11(13-6)19-5-9(17)15-12-16-10(18)8(3)20-12/h4,8H,5H2,1-3H3,(H,15,16,17,18)/t8-/m0/s1. The van der Waals surface area contributed by atoms with E-state index in [1.807, 2.05) is 19.9 Å². The predicted molar refractivity (Wildman–Crippen MR) is 79.9 cm³/mol. The number of carbonyl (C=O) groups excluding carboxylic acids is 2. The highest BCUT2D eigenvalue weighted by Crippen LogP contribution is 2.20. The number of nitrogens with zero attached hydrogens (tertiary/aromatic N) is 3. The van der Waals surface area contributed by atoms with Crippen LogP contribution in [0.15, 0.2) is 16.2 Å². The summed E-state index contributed by atoms with van der Waals surface area (Å²) in [5.74, 6) is -0.244. The van der Waals surface area contributed by atoms with Gasteiger partial charge in [-0.05, 0) is 26.8 Å². The summed E-state index contributed by atoms with van der Waals surface area (Å²) in [7, 11) is 0. The maximum Gasteiger partial charge on any atom is 0.261 e. The van der Waals surface area contributed by atoms with E-state index in [9.17, 15) is 9.59 Å². The Morgan fingerprint density at radius 1 is 1.40 bits per heavy atom. The quantitative estimate of drug-likeness (QED) is 0.669. The number of aromatic nitrogens is 2. The van der Waals surface area contributed by atoms with Crippen LogP contribution in [0.3, 0.4) is 0 Å². The maximum absolute atomic E-state index is 11.8. The predicted octanol–water partition coefficient (Wildman–Crippen LogP) is 1.32. The van der Waals surface area contributed by atoms with E-state index in [2.05, 4.69) is 20.3 Å². The smallest absolute Gasteiger partial charge is 0.261 e. The van der Waals surface area contributed by atoms with Crippen LogP contribution in [-0.4, -0.2) is 38.0 Å². The molecule has 2 rings (SSSR count). The molecule has 1 N–H and O–H groups in total. The summed E-state index contributed by atoms with van der Waals surface area (Å²) in [4.78, 5) is 35.2. The van der Waals surface area contributed by atoms with E-state index in [0.717, 1.165) is 11.4 Å². The van der Waals surface area contributed by atoms with Crippen LogP contribution >= 0.6 is 23.5 Å². The number of amidine groups is 1. The van der Waals surface area contributed by atoms with Crippen molar-refractivity contribution in [1.29, 1.82) is 0 Å². The number of nitrogens with one attached hydrogen (secondary N) is 1. The van der Waals surface area contributed by atoms with E-state index in [1.54, 1.807) is 6.92 Å². The van der Waals surface area contributed by atoms with Crippen molar-refractivity contribution >= 4 is 40.5 Å². The van der Waals surface area contributed by atoms with E-state index in [4.69, 9.17) is 0 Å². The first-order chi connectivity index (χ1) is 9.44. The van der Waals surface area contributed by atoms with Gasteiger partial charge in [0.05, 0.1) is 11.0 Å². The highest BCUT2D eigenvalue weighted by molar-refractivity contribution is 8.15. The van der Waals surface area contributed by atoms with Gasteiger partial charge in [-0.2, -0.15) is 4.99 Å². The highest BCUT2D eigenvalue weighted by Gasteiger charge is 2.25. The van der Waals surface area contributed by atoms with Gasteiger partial charge in [0.1, 0.15) is 0 Å². The summed E-state index contributed by atoms with van der Waals surface area (Å²) in [5.41, 5.74) is 1.74. The molecular formula is C12H14N4O2S2.